The SMILES string of the molecule is Cc1ccc2nc(N3CCN(S(=O)(=O)c4ccc(F)cc4)CC3)sc2c1. The van der Waals surface area contributed by atoms with Crippen molar-refractivity contribution < 1.29 is 12.8 Å². The highest BCUT2D eigenvalue weighted by molar-refractivity contribution is 7.89. The highest BCUT2D eigenvalue weighted by atomic mass is 32.2. The lowest BCUT2D eigenvalue weighted by Gasteiger charge is -2.33. The third-order valence-electron chi connectivity index (χ3n) is 4.49. The Kier molecular flexibility index (Phi) is 4.42. The molecule has 8 heteroatoms. The number of benzene rings is 2. The number of sulfonamides is 1. The molecular weight excluding hydrogens is 373 g/mol. The van der Waals surface area contributed by atoms with Crippen LogP contribution in [-0.4, -0.2) is 43.9 Å². The van der Waals surface area contributed by atoms with E-state index in [1.54, 1.807) is 11.3 Å². The number of rotatable bonds is 3. The molecular formula is C18H18FN3O2S2. The average molecular weight is 391 g/mol. The van der Waals surface area contributed by atoms with Crippen molar-refractivity contribution in [1.82, 2.24) is 9.29 Å². The molecule has 1 aromatic heterocycles. The van der Waals surface area contributed by atoms with Crippen LogP contribution < -0.4 is 4.90 Å². The molecule has 0 aliphatic carbocycles. The number of aromatic nitrogens is 1. The van der Waals surface area contributed by atoms with Crippen LogP contribution in [0.2, 0.25) is 0 Å². The van der Waals surface area contributed by atoms with E-state index in [1.807, 2.05) is 12.1 Å². The summed E-state index contributed by atoms with van der Waals surface area (Å²) in [5, 5.41) is 0.921. The molecule has 2 aromatic carbocycles. The molecule has 5 nitrogen and oxygen atoms in total. The molecule has 0 bridgehead atoms. The quantitative estimate of drug-likeness (QED) is 0.688. The lowest BCUT2D eigenvalue weighted by atomic mass is 10.2. The predicted molar refractivity (Wildman–Crippen MR) is 102 cm³/mol. The topological polar surface area (TPSA) is 53.5 Å². The van der Waals surface area contributed by atoms with Gasteiger partial charge in [-0.2, -0.15) is 4.31 Å². The molecule has 2 heterocycles. The molecule has 1 fully saturated rings. The molecule has 0 amide bonds. The summed E-state index contributed by atoms with van der Waals surface area (Å²) in [7, 11) is -3.59. The van der Waals surface area contributed by atoms with Crippen LogP contribution in [0.4, 0.5) is 9.52 Å². The summed E-state index contributed by atoms with van der Waals surface area (Å²) in [4.78, 5) is 6.92. The van der Waals surface area contributed by atoms with E-state index in [4.69, 9.17) is 0 Å². The first-order valence-corrected chi connectivity index (χ1v) is 10.6. The number of halogens is 1. The third-order valence-corrected chi connectivity index (χ3v) is 7.49. The van der Waals surface area contributed by atoms with Gasteiger partial charge in [-0.25, -0.2) is 17.8 Å². The van der Waals surface area contributed by atoms with Gasteiger partial charge in [0, 0.05) is 26.2 Å². The van der Waals surface area contributed by atoms with Crippen LogP contribution in [0.5, 0.6) is 0 Å². The second-order valence-electron chi connectivity index (χ2n) is 6.31. The van der Waals surface area contributed by atoms with Gasteiger partial charge in [0.2, 0.25) is 10.0 Å². The highest BCUT2D eigenvalue weighted by Gasteiger charge is 2.29. The number of nitrogens with zero attached hydrogens (tertiary/aromatic N) is 3. The van der Waals surface area contributed by atoms with E-state index < -0.39 is 15.8 Å². The highest BCUT2D eigenvalue weighted by Crippen LogP contribution is 2.30. The molecule has 1 aliphatic rings. The minimum atomic E-state index is -3.59. The molecule has 26 heavy (non-hydrogen) atoms. The van der Waals surface area contributed by atoms with Gasteiger partial charge in [-0.3, -0.25) is 0 Å². The zero-order valence-corrected chi connectivity index (χ0v) is 15.9. The maximum Gasteiger partial charge on any atom is 0.243 e. The molecule has 1 saturated heterocycles. The fourth-order valence-corrected chi connectivity index (χ4v) is 5.57. The first-order chi connectivity index (χ1) is 12.4. The molecule has 3 aromatic rings. The van der Waals surface area contributed by atoms with Gasteiger partial charge < -0.3 is 4.90 Å². The first kappa shape index (κ1) is 17.4. The Morgan fingerprint density at radius 2 is 1.73 bits per heavy atom. The number of fused-ring (bicyclic) bond motifs is 1. The lowest BCUT2D eigenvalue weighted by molar-refractivity contribution is 0.385. The Morgan fingerprint density at radius 1 is 1.04 bits per heavy atom. The molecule has 0 unspecified atom stereocenters. The van der Waals surface area contributed by atoms with E-state index in [9.17, 15) is 12.8 Å². The Balaban J connectivity index is 1.50. The van der Waals surface area contributed by atoms with Crippen molar-refractivity contribution in [3.8, 4) is 0 Å². The fraction of sp³-hybridized carbons (Fsp3) is 0.278. The number of hydrogen-bond donors (Lipinski definition) is 0. The van der Waals surface area contributed by atoms with Gasteiger partial charge in [-0.15, -0.1) is 0 Å². The zero-order valence-electron chi connectivity index (χ0n) is 14.2. The normalized spacial score (nSPS) is 16.3. The van der Waals surface area contributed by atoms with Crippen LogP contribution in [0, 0.1) is 12.7 Å². The molecule has 0 atom stereocenters. The maximum absolute atomic E-state index is 13.0. The van der Waals surface area contributed by atoms with Crippen molar-refractivity contribution in [3.05, 3.63) is 53.8 Å². The zero-order chi connectivity index (χ0) is 18.3. The van der Waals surface area contributed by atoms with Gasteiger partial charge in [0.15, 0.2) is 5.13 Å². The third kappa shape index (κ3) is 3.20. The average Bonchev–Trinajstić information content (AvgIpc) is 3.05. The van der Waals surface area contributed by atoms with Crippen LogP contribution in [0.1, 0.15) is 5.56 Å². The van der Waals surface area contributed by atoms with Crippen LogP contribution >= 0.6 is 11.3 Å². The number of hydrogen-bond acceptors (Lipinski definition) is 5. The monoisotopic (exact) mass is 391 g/mol. The van der Waals surface area contributed by atoms with Crippen LogP contribution in [0.3, 0.4) is 0 Å². The van der Waals surface area contributed by atoms with E-state index >= 15 is 0 Å². The molecule has 136 valence electrons. The van der Waals surface area contributed by atoms with Gasteiger partial charge in [0.1, 0.15) is 5.82 Å². The molecule has 0 N–H and O–H groups in total. The van der Waals surface area contributed by atoms with Gasteiger partial charge in [0.25, 0.3) is 0 Å². The summed E-state index contributed by atoms with van der Waals surface area (Å²) in [6.07, 6.45) is 0. The predicted octanol–water partition coefficient (Wildman–Crippen LogP) is 3.25. The number of aryl methyl sites for hydroxylation is 1. The van der Waals surface area contributed by atoms with Crippen LogP contribution in [0.15, 0.2) is 47.4 Å². The number of anilines is 1. The van der Waals surface area contributed by atoms with Crippen molar-refractivity contribution in [1.29, 1.82) is 0 Å². The summed E-state index contributed by atoms with van der Waals surface area (Å²) in [6, 6.07) is 11.1. The van der Waals surface area contributed by atoms with Gasteiger partial charge >= 0.3 is 0 Å². The summed E-state index contributed by atoms with van der Waals surface area (Å²) in [5.74, 6) is -0.445. The summed E-state index contributed by atoms with van der Waals surface area (Å²) < 4.78 is 41.0. The second kappa shape index (κ2) is 6.61. The summed E-state index contributed by atoms with van der Waals surface area (Å²) in [6.45, 7) is 3.99. The van der Waals surface area contributed by atoms with Crippen LogP contribution in [0.25, 0.3) is 10.2 Å². The van der Waals surface area contributed by atoms with E-state index in [2.05, 4.69) is 22.9 Å². The number of piperazine rings is 1. The molecule has 0 saturated carbocycles. The Hall–Kier alpha value is -2.03. The first-order valence-electron chi connectivity index (χ1n) is 8.31. The summed E-state index contributed by atoms with van der Waals surface area (Å²) >= 11 is 1.63. The molecule has 1 aliphatic heterocycles. The second-order valence-corrected chi connectivity index (χ2v) is 9.26. The fourth-order valence-electron chi connectivity index (χ4n) is 3.03. The Morgan fingerprint density at radius 3 is 2.42 bits per heavy atom. The van der Waals surface area contributed by atoms with E-state index in [-0.39, 0.29) is 4.90 Å². The minimum absolute atomic E-state index is 0.128. The van der Waals surface area contributed by atoms with Crippen molar-refractivity contribution in [2.75, 3.05) is 31.1 Å². The van der Waals surface area contributed by atoms with Crippen LogP contribution in [-0.2, 0) is 10.0 Å². The van der Waals surface area contributed by atoms with Gasteiger partial charge in [-0.1, -0.05) is 17.4 Å². The summed E-state index contributed by atoms with van der Waals surface area (Å²) in [5.41, 5.74) is 2.17. The number of thiazole rings is 1. The standard InChI is InChI=1S/C18H18FN3O2S2/c1-13-2-7-16-17(12-13)25-18(20-16)21-8-10-22(11-9-21)26(23,24)15-5-3-14(19)4-6-15/h2-7,12H,8-11H2,1H3. The van der Waals surface area contributed by atoms with Crippen molar-refractivity contribution >= 4 is 36.7 Å². The van der Waals surface area contributed by atoms with E-state index in [0.29, 0.717) is 26.2 Å². The maximum atomic E-state index is 13.0. The molecule has 0 radical (unpaired) electrons. The van der Waals surface area contributed by atoms with Crippen molar-refractivity contribution in [2.24, 2.45) is 0 Å². The Labute approximate surface area is 155 Å². The molecule has 4 rings (SSSR count). The smallest absolute Gasteiger partial charge is 0.243 e. The Bertz CT molecular complexity index is 1040. The van der Waals surface area contributed by atoms with Crippen molar-refractivity contribution in [2.45, 2.75) is 11.8 Å². The van der Waals surface area contributed by atoms with E-state index in [0.717, 1.165) is 15.3 Å². The van der Waals surface area contributed by atoms with E-state index in [1.165, 1.54) is 34.1 Å². The lowest BCUT2D eigenvalue weighted by Crippen LogP contribution is -2.48. The minimum Gasteiger partial charge on any atom is -0.345 e. The van der Waals surface area contributed by atoms with Gasteiger partial charge in [0.05, 0.1) is 15.1 Å². The largest absolute Gasteiger partial charge is 0.345 e. The van der Waals surface area contributed by atoms with Gasteiger partial charge in [-0.05, 0) is 48.9 Å². The molecule has 0 spiro atoms. The van der Waals surface area contributed by atoms with Crippen molar-refractivity contribution in [3.63, 3.8) is 0 Å².